The van der Waals surface area contributed by atoms with Crippen molar-refractivity contribution in [2.75, 3.05) is 5.32 Å². The van der Waals surface area contributed by atoms with Gasteiger partial charge in [0.1, 0.15) is 16.9 Å². The van der Waals surface area contributed by atoms with Gasteiger partial charge in [0.05, 0.1) is 0 Å². The molecular formula is C28H26N2O4. The topological polar surface area (TPSA) is 91.6 Å². The number of amides is 2. The number of rotatable bonds is 5. The van der Waals surface area contributed by atoms with Crippen LogP contribution in [-0.4, -0.2) is 22.5 Å². The van der Waals surface area contributed by atoms with Crippen molar-refractivity contribution in [3.8, 4) is 16.9 Å². The average Bonchev–Trinajstić information content (AvgIpc) is 3.30. The SMILES string of the molecule is O=C(NC1(C(=O)Nc2ccc(-c3ccccc3O)cc2)CCCCC1)c1cc2ccccc2o1. The second-order valence-corrected chi connectivity index (χ2v) is 8.79. The third-order valence-electron chi connectivity index (χ3n) is 6.50. The Kier molecular flexibility index (Phi) is 5.80. The molecule has 0 atom stereocenters. The van der Waals surface area contributed by atoms with Crippen molar-refractivity contribution in [1.82, 2.24) is 5.32 Å². The zero-order valence-electron chi connectivity index (χ0n) is 18.7. The quantitative estimate of drug-likeness (QED) is 0.351. The minimum absolute atomic E-state index is 0.200. The van der Waals surface area contributed by atoms with Crippen molar-refractivity contribution in [1.29, 1.82) is 0 Å². The number of anilines is 1. The number of hydrogen-bond acceptors (Lipinski definition) is 4. The number of carbonyl (C=O) groups is 2. The van der Waals surface area contributed by atoms with Gasteiger partial charge in [-0.2, -0.15) is 0 Å². The van der Waals surface area contributed by atoms with E-state index in [9.17, 15) is 14.7 Å². The van der Waals surface area contributed by atoms with Crippen LogP contribution >= 0.6 is 0 Å². The molecule has 0 unspecified atom stereocenters. The summed E-state index contributed by atoms with van der Waals surface area (Å²) >= 11 is 0. The van der Waals surface area contributed by atoms with Crippen LogP contribution in [0, 0.1) is 0 Å². The van der Waals surface area contributed by atoms with E-state index in [0.29, 0.717) is 24.1 Å². The van der Waals surface area contributed by atoms with Crippen LogP contribution in [0.15, 0.2) is 83.3 Å². The Morgan fingerprint density at radius 3 is 2.29 bits per heavy atom. The normalized spacial score (nSPS) is 15.1. The first-order valence-electron chi connectivity index (χ1n) is 11.6. The Balaban J connectivity index is 1.35. The van der Waals surface area contributed by atoms with Gasteiger partial charge < -0.3 is 20.2 Å². The molecule has 1 heterocycles. The standard InChI is InChI=1S/C28H26N2O4/c31-23-10-4-3-9-22(23)19-12-14-21(15-13-19)29-27(33)28(16-6-1-7-17-28)30-26(32)25-18-20-8-2-5-11-24(20)34-25/h2-5,8-15,18,31H,1,6-7,16-17H2,(H,29,33)(H,30,32). The van der Waals surface area contributed by atoms with Gasteiger partial charge in [0.15, 0.2) is 5.76 Å². The van der Waals surface area contributed by atoms with E-state index in [2.05, 4.69) is 10.6 Å². The molecule has 1 aliphatic carbocycles. The van der Waals surface area contributed by atoms with E-state index in [1.54, 1.807) is 30.3 Å². The summed E-state index contributed by atoms with van der Waals surface area (Å²) < 4.78 is 5.72. The van der Waals surface area contributed by atoms with Gasteiger partial charge in [-0.3, -0.25) is 9.59 Å². The molecule has 2 amide bonds. The molecule has 6 heteroatoms. The molecule has 0 aliphatic heterocycles. The third-order valence-corrected chi connectivity index (χ3v) is 6.50. The predicted octanol–water partition coefficient (Wildman–Crippen LogP) is 5.88. The van der Waals surface area contributed by atoms with Crippen LogP contribution < -0.4 is 10.6 Å². The summed E-state index contributed by atoms with van der Waals surface area (Å²) in [7, 11) is 0. The number of phenolic OH excluding ortho intramolecular Hbond substituents is 1. The fraction of sp³-hybridized carbons (Fsp3) is 0.214. The molecular weight excluding hydrogens is 428 g/mol. The molecule has 0 radical (unpaired) electrons. The first-order chi connectivity index (χ1) is 16.5. The molecule has 5 rings (SSSR count). The monoisotopic (exact) mass is 454 g/mol. The fourth-order valence-electron chi connectivity index (χ4n) is 4.64. The van der Waals surface area contributed by atoms with Crippen LogP contribution in [-0.2, 0) is 4.79 Å². The fourth-order valence-corrected chi connectivity index (χ4v) is 4.64. The molecule has 1 aromatic heterocycles. The molecule has 1 fully saturated rings. The molecule has 6 nitrogen and oxygen atoms in total. The highest BCUT2D eigenvalue weighted by Crippen LogP contribution is 2.32. The van der Waals surface area contributed by atoms with Crippen LogP contribution in [0.5, 0.6) is 5.75 Å². The smallest absolute Gasteiger partial charge is 0.287 e. The summed E-state index contributed by atoms with van der Waals surface area (Å²) in [6, 6.07) is 23.6. The lowest BCUT2D eigenvalue weighted by atomic mass is 9.80. The molecule has 3 aromatic carbocycles. The number of benzene rings is 3. The zero-order chi connectivity index (χ0) is 23.5. The summed E-state index contributed by atoms with van der Waals surface area (Å²) in [6.07, 6.45) is 3.90. The van der Waals surface area contributed by atoms with Crippen molar-refractivity contribution in [3.05, 3.63) is 84.6 Å². The van der Waals surface area contributed by atoms with Crippen LogP contribution in [0.3, 0.4) is 0 Å². The molecule has 4 aromatic rings. The molecule has 0 bridgehead atoms. The maximum atomic E-state index is 13.4. The molecule has 34 heavy (non-hydrogen) atoms. The van der Waals surface area contributed by atoms with E-state index in [4.69, 9.17) is 4.42 Å². The number of hydrogen-bond donors (Lipinski definition) is 3. The Labute approximate surface area is 197 Å². The minimum atomic E-state index is -0.995. The van der Waals surface area contributed by atoms with Crippen molar-refractivity contribution in [2.45, 2.75) is 37.6 Å². The van der Waals surface area contributed by atoms with Crippen LogP contribution in [0.4, 0.5) is 5.69 Å². The number of furan rings is 1. The van der Waals surface area contributed by atoms with Crippen LogP contribution in [0.1, 0.15) is 42.7 Å². The van der Waals surface area contributed by atoms with E-state index < -0.39 is 5.54 Å². The van der Waals surface area contributed by atoms with Crippen LogP contribution in [0.25, 0.3) is 22.1 Å². The lowest BCUT2D eigenvalue weighted by molar-refractivity contribution is -0.123. The summed E-state index contributed by atoms with van der Waals surface area (Å²) in [5.41, 5.74) is 1.85. The summed E-state index contributed by atoms with van der Waals surface area (Å²) in [5, 5.41) is 16.9. The maximum Gasteiger partial charge on any atom is 0.287 e. The highest BCUT2D eigenvalue weighted by Gasteiger charge is 2.41. The van der Waals surface area contributed by atoms with Gasteiger partial charge >= 0.3 is 0 Å². The van der Waals surface area contributed by atoms with Gasteiger partial charge in [0, 0.05) is 16.6 Å². The number of nitrogens with one attached hydrogen (secondary N) is 2. The first kappa shape index (κ1) is 21.8. The Hall–Kier alpha value is -4.06. The van der Waals surface area contributed by atoms with E-state index in [1.807, 2.05) is 48.5 Å². The average molecular weight is 455 g/mol. The molecule has 172 valence electrons. The minimum Gasteiger partial charge on any atom is -0.507 e. The second-order valence-electron chi connectivity index (χ2n) is 8.79. The second kappa shape index (κ2) is 9.06. The number of fused-ring (bicyclic) bond motifs is 1. The summed E-state index contributed by atoms with van der Waals surface area (Å²) in [5.74, 6) is -0.213. The first-order valence-corrected chi connectivity index (χ1v) is 11.6. The Morgan fingerprint density at radius 2 is 1.56 bits per heavy atom. The van der Waals surface area contributed by atoms with Crippen molar-refractivity contribution >= 4 is 28.5 Å². The Bertz CT molecular complexity index is 1300. The summed E-state index contributed by atoms with van der Waals surface area (Å²) in [4.78, 5) is 26.5. The molecule has 3 N–H and O–H groups in total. The summed E-state index contributed by atoms with van der Waals surface area (Å²) in [6.45, 7) is 0. The van der Waals surface area contributed by atoms with E-state index >= 15 is 0 Å². The van der Waals surface area contributed by atoms with Gasteiger partial charge in [0.2, 0.25) is 5.91 Å². The van der Waals surface area contributed by atoms with Gasteiger partial charge in [-0.1, -0.05) is 67.8 Å². The zero-order valence-corrected chi connectivity index (χ0v) is 18.7. The highest BCUT2D eigenvalue weighted by atomic mass is 16.3. The third kappa shape index (κ3) is 4.27. The number of aromatic hydroxyl groups is 1. The van der Waals surface area contributed by atoms with Gasteiger partial charge in [-0.25, -0.2) is 0 Å². The maximum absolute atomic E-state index is 13.4. The molecule has 1 aliphatic rings. The van der Waals surface area contributed by atoms with Crippen LogP contribution in [0.2, 0.25) is 0 Å². The van der Waals surface area contributed by atoms with E-state index in [0.717, 1.165) is 35.8 Å². The number of carbonyl (C=O) groups excluding carboxylic acids is 2. The lowest BCUT2D eigenvalue weighted by Gasteiger charge is -2.36. The molecule has 0 saturated heterocycles. The van der Waals surface area contributed by atoms with Crippen molar-refractivity contribution < 1.29 is 19.1 Å². The van der Waals surface area contributed by atoms with Crippen molar-refractivity contribution in [2.24, 2.45) is 0 Å². The van der Waals surface area contributed by atoms with Gasteiger partial charge in [0.25, 0.3) is 5.91 Å². The highest BCUT2D eigenvalue weighted by molar-refractivity contribution is 6.04. The van der Waals surface area contributed by atoms with Gasteiger partial charge in [-0.05, 0) is 48.7 Å². The largest absolute Gasteiger partial charge is 0.507 e. The number of para-hydroxylation sites is 2. The molecule has 0 spiro atoms. The van der Waals surface area contributed by atoms with E-state index in [1.165, 1.54) is 0 Å². The lowest BCUT2D eigenvalue weighted by Crippen LogP contribution is -2.57. The Morgan fingerprint density at radius 1 is 0.853 bits per heavy atom. The number of phenols is 1. The molecule has 1 saturated carbocycles. The predicted molar refractivity (Wildman–Crippen MR) is 132 cm³/mol. The van der Waals surface area contributed by atoms with Gasteiger partial charge in [-0.15, -0.1) is 0 Å². The van der Waals surface area contributed by atoms with Crippen molar-refractivity contribution in [3.63, 3.8) is 0 Å². The van der Waals surface area contributed by atoms with E-state index in [-0.39, 0.29) is 23.3 Å².